The average molecular weight is 244 g/mol. The topological polar surface area (TPSA) is 105 Å². The van der Waals surface area contributed by atoms with Crippen LogP contribution < -0.4 is 5.73 Å². The van der Waals surface area contributed by atoms with Crippen LogP contribution in [0.1, 0.15) is 16.2 Å². The average Bonchev–Trinajstić information content (AvgIpc) is 2.69. The van der Waals surface area contributed by atoms with Gasteiger partial charge in [-0.25, -0.2) is 9.78 Å². The number of nitrogens with zero attached hydrogens (tertiary/aromatic N) is 2. The minimum absolute atomic E-state index is 0.169. The van der Waals surface area contributed by atoms with Gasteiger partial charge in [0.1, 0.15) is 11.3 Å². The van der Waals surface area contributed by atoms with E-state index in [0.717, 1.165) is 11.6 Å². The molecule has 2 rings (SSSR count). The molecule has 0 unspecified atom stereocenters. The Morgan fingerprint density at radius 2 is 2.28 bits per heavy atom. The zero-order chi connectivity index (χ0) is 13.3. The molecule has 18 heavy (non-hydrogen) atoms. The van der Waals surface area contributed by atoms with Gasteiger partial charge >= 0.3 is 5.97 Å². The Bertz CT molecular complexity index is 670. The number of carboxylic acids is 1. The molecule has 0 fully saturated rings. The Balaban J connectivity index is 2.68. The molecule has 92 valence electrons. The number of nitrogens with one attached hydrogen (secondary N) is 1. The maximum atomic E-state index is 11.0. The maximum absolute atomic E-state index is 11.0. The number of aromatic nitrogens is 2. The van der Waals surface area contributed by atoms with Crippen molar-refractivity contribution in [2.75, 3.05) is 0 Å². The van der Waals surface area contributed by atoms with Crippen LogP contribution in [0.5, 0.6) is 0 Å². The van der Waals surface area contributed by atoms with Crippen molar-refractivity contribution in [1.29, 1.82) is 5.41 Å². The van der Waals surface area contributed by atoms with E-state index >= 15 is 0 Å². The first-order valence-corrected chi connectivity index (χ1v) is 5.21. The van der Waals surface area contributed by atoms with E-state index in [1.165, 1.54) is 10.8 Å². The van der Waals surface area contributed by atoms with E-state index < -0.39 is 5.97 Å². The van der Waals surface area contributed by atoms with Crippen LogP contribution in [0.3, 0.4) is 0 Å². The number of allylic oxidation sites excluding steroid dienone is 1. The molecule has 2 aromatic heterocycles. The summed E-state index contributed by atoms with van der Waals surface area (Å²) in [5.41, 5.74) is 7.13. The first-order valence-electron chi connectivity index (χ1n) is 5.21. The maximum Gasteiger partial charge on any atom is 0.352 e. The second-order valence-corrected chi connectivity index (χ2v) is 3.77. The summed E-state index contributed by atoms with van der Waals surface area (Å²) in [5.74, 6) is -1.00. The van der Waals surface area contributed by atoms with Gasteiger partial charge in [0, 0.05) is 30.4 Å². The lowest BCUT2D eigenvalue weighted by molar-refractivity contribution is 0.0687. The zero-order valence-corrected chi connectivity index (χ0v) is 9.71. The van der Waals surface area contributed by atoms with Gasteiger partial charge in [0.05, 0.1) is 5.69 Å². The Hall–Kier alpha value is -2.63. The Kier molecular flexibility index (Phi) is 2.85. The third-order valence-corrected chi connectivity index (χ3v) is 2.73. The molecule has 0 aliphatic rings. The summed E-state index contributed by atoms with van der Waals surface area (Å²) < 4.78 is 1.50. The number of carbonyl (C=O) groups is 1. The van der Waals surface area contributed by atoms with E-state index in [2.05, 4.69) is 4.98 Å². The molecule has 0 aromatic carbocycles. The van der Waals surface area contributed by atoms with E-state index in [0.29, 0.717) is 16.9 Å². The molecular formula is C12H12N4O2. The van der Waals surface area contributed by atoms with Crippen LogP contribution in [0.4, 0.5) is 0 Å². The number of carboxylic acid groups (broad SMARTS) is 1. The van der Waals surface area contributed by atoms with E-state index in [4.69, 9.17) is 16.2 Å². The molecule has 0 aliphatic carbocycles. The van der Waals surface area contributed by atoms with Gasteiger partial charge in [-0.3, -0.25) is 0 Å². The second kappa shape index (κ2) is 4.33. The molecule has 0 saturated heterocycles. The minimum atomic E-state index is -1.00. The molecule has 0 radical (unpaired) electrons. The van der Waals surface area contributed by atoms with Crippen molar-refractivity contribution in [2.24, 2.45) is 12.8 Å². The molecule has 0 amide bonds. The first kappa shape index (κ1) is 11.8. The highest BCUT2D eigenvalue weighted by Gasteiger charge is 2.13. The molecule has 4 N–H and O–H groups in total. The van der Waals surface area contributed by atoms with Crippen molar-refractivity contribution >= 4 is 28.8 Å². The standard InChI is InChI=1S/C12H12N4O2/c1-16-10(12(17)18)4-7-2-3-9(15-11(7)16)8(5-13)6-14/h2-6,13H,14H2,1H3,(H,17,18)/b8-6+,13-5?. The summed E-state index contributed by atoms with van der Waals surface area (Å²) in [6.07, 6.45) is 2.40. The van der Waals surface area contributed by atoms with Crippen LogP contribution in [0, 0.1) is 5.41 Å². The van der Waals surface area contributed by atoms with E-state index in [1.807, 2.05) is 0 Å². The van der Waals surface area contributed by atoms with Gasteiger partial charge in [-0.2, -0.15) is 0 Å². The van der Waals surface area contributed by atoms with Crippen LogP contribution in [0.15, 0.2) is 24.4 Å². The van der Waals surface area contributed by atoms with E-state index in [9.17, 15) is 4.79 Å². The largest absolute Gasteiger partial charge is 0.477 e. The molecule has 0 saturated carbocycles. The van der Waals surface area contributed by atoms with Crippen LogP contribution in [-0.4, -0.2) is 26.8 Å². The Morgan fingerprint density at radius 3 is 2.83 bits per heavy atom. The van der Waals surface area contributed by atoms with Crippen LogP contribution in [0.25, 0.3) is 16.6 Å². The van der Waals surface area contributed by atoms with Gasteiger partial charge in [-0.05, 0) is 18.2 Å². The van der Waals surface area contributed by atoms with Gasteiger partial charge in [0.2, 0.25) is 0 Å². The van der Waals surface area contributed by atoms with Gasteiger partial charge in [0.15, 0.2) is 0 Å². The number of pyridine rings is 1. The predicted molar refractivity (Wildman–Crippen MR) is 68.6 cm³/mol. The van der Waals surface area contributed by atoms with E-state index in [1.54, 1.807) is 25.2 Å². The first-order chi connectivity index (χ1) is 8.58. The van der Waals surface area contributed by atoms with Crippen LogP contribution in [-0.2, 0) is 7.05 Å². The molecular weight excluding hydrogens is 232 g/mol. The third kappa shape index (κ3) is 1.73. The molecule has 2 aromatic rings. The number of hydrogen-bond acceptors (Lipinski definition) is 4. The van der Waals surface area contributed by atoms with Gasteiger partial charge < -0.3 is 20.8 Å². The third-order valence-electron chi connectivity index (χ3n) is 2.73. The number of aromatic carboxylic acids is 1. The molecule has 0 bridgehead atoms. The molecule has 0 atom stereocenters. The summed E-state index contributed by atoms with van der Waals surface area (Å²) in [6.45, 7) is 0. The fourth-order valence-corrected chi connectivity index (χ4v) is 1.77. The Labute approximate surface area is 103 Å². The lowest BCUT2D eigenvalue weighted by Crippen LogP contribution is -2.04. The highest BCUT2D eigenvalue weighted by molar-refractivity contribution is 6.07. The van der Waals surface area contributed by atoms with Crippen molar-refractivity contribution < 1.29 is 9.90 Å². The molecule has 6 nitrogen and oxygen atoms in total. The van der Waals surface area contributed by atoms with Crippen LogP contribution >= 0.6 is 0 Å². The Morgan fingerprint density at radius 1 is 1.56 bits per heavy atom. The van der Waals surface area contributed by atoms with Crippen molar-refractivity contribution in [3.63, 3.8) is 0 Å². The lowest BCUT2D eigenvalue weighted by Gasteiger charge is -2.02. The second-order valence-electron chi connectivity index (χ2n) is 3.77. The van der Waals surface area contributed by atoms with E-state index in [-0.39, 0.29) is 5.69 Å². The van der Waals surface area contributed by atoms with Gasteiger partial charge in [-0.1, -0.05) is 0 Å². The summed E-state index contributed by atoms with van der Waals surface area (Å²) in [6, 6.07) is 5.03. The van der Waals surface area contributed by atoms with Gasteiger partial charge in [-0.15, -0.1) is 0 Å². The summed E-state index contributed by atoms with van der Waals surface area (Å²) in [5, 5.41) is 17.0. The smallest absolute Gasteiger partial charge is 0.352 e. The van der Waals surface area contributed by atoms with Crippen molar-refractivity contribution in [1.82, 2.24) is 9.55 Å². The molecule has 0 spiro atoms. The van der Waals surface area contributed by atoms with Crippen molar-refractivity contribution in [3.8, 4) is 0 Å². The quantitative estimate of drug-likeness (QED) is 0.706. The van der Waals surface area contributed by atoms with Crippen molar-refractivity contribution in [3.05, 3.63) is 35.8 Å². The highest BCUT2D eigenvalue weighted by Crippen LogP contribution is 2.19. The molecule has 6 heteroatoms. The molecule has 2 heterocycles. The highest BCUT2D eigenvalue weighted by atomic mass is 16.4. The SMILES string of the molecule is Cn1c(C(=O)O)cc2ccc(/C(C=N)=C/N)nc21. The number of fused-ring (bicyclic) bond motifs is 1. The minimum Gasteiger partial charge on any atom is -0.477 e. The van der Waals surface area contributed by atoms with Crippen molar-refractivity contribution in [2.45, 2.75) is 0 Å². The summed E-state index contributed by atoms with van der Waals surface area (Å²) in [4.78, 5) is 15.3. The lowest BCUT2D eigenvalue weighted by atomic mass is 10.2. The number of hydrogen-bond donors (Lipinski definition) is 3. The number of aryl methyl sites for hydroxylation is 1. The fourth-order valence-electron chi connectivity index (χ4n) is 1.77. The summed E-state index contributed by atoms with van der Waals surface area (Å²) >= 11 is 0. The van der Waals surface area contributed by atoms with Gasteiger partial charge in [0.25, 0.3) is 0 Å². The zero-order valence-electron chi connectivity index (χ0n) is 9.71. The summed E-state index contributed by atoms with van der Waals surface area (Å²) in [7, 11) is 1.64. The fraction of sp³-hybridized carbons (Fsp3) is 0.0833. The molecule has 0 aliphatic heterocycles. The normalized spacial score (nSPS) is 11.7. The monoisotopic (exact) mass is 244 g/mol. The van der Waals surface area contributed by atoms with Crippen LogP contribution in [0.2, 0.25) is 0 Å². The predicted octanol–water partition coefficient (Wildman–Crippen LogP) is 1.22. The number of rotatable bonds is 3. The number of nitrogens with two attached hydrogens (primary N) is 1.